The van der Waals surface area contributed by atoms with Gasteiger partial charge in [-0.2, -0.15) is 0 Å². The van der Waals surface area contributed by atoms with E-state index in [0.29, 0.717) is 29.7 Å². The van der Waals surface area contributed by atoms with Gasteiger partial charge in [0.25, 0.3) is 0 Å². The summed E-state index contributed by atoms with van der Waals surface area (Å²) in [6, 6.07) is 18.4. The van der Waals surface area contributed by atoms with E-state index < -0.39 is 17.8 Å². The normalized spacial score (nSPS) is 17.6. The van der Waals surface area contributed by atoms with E-state index in [2.05, 4.69) is 10.6 Å². The number of hydrogen-bond donors (Lipinski definition) is 3. The first-order chi connectivity index (χ1) is 18.8. The molecular formula is C30H24N2O6S. The number of allylic oxidation sites excluding steroid dienone is 2. The molecule has 3 aromatic rings. The Morgan fingerprint density at radius 1 is 0.795 bits per heavy atom. The van der Waals surface area contributed by atoms with Crippen molar-refractivity contribution in [1.29, 1.82) is 0 Å². The molecule has 0 radical (unpaired) electrons. The number of benzene rings is 3. The molecule has 2 aliphatic rings. The van der Waals surface area contributed by atoms with Crippen LogP contribution in [-0.2, 0) is 14.4 Å². The van der Waals surface area contributed by atoms with Crippen LogP contribution in [0, 0.1) is 11.8 Å². The van der Waals surface area contributed by atoms with Crippen molar-refractivity contribution in [1.82, 2.24) is 0 Å². The Morgan fingerprint density at radius 2 is 1.46 bits per heavy atom. The van der Waals surface area contributed by atoms with Gasteiger partial charge in [0.05, 0.1) is 28.8 Å². The molecule has 2 amide bonds. The lowest BCUT2D eigenvalue weighted by molar-refractivity contribution is -0.146. The van der Waals surface area contributed by atoms with Gasteiger partial charge in [0.1, 0.15) is 0 Å². The lowest BCUT2D eigenvalue weighted by atomic mass is 9.82. The molecule has 0 saturated carbocycles. The maximum absolute atomic E-state index is 13.2. The Kier molecular flexibility index (Phi) is 7.42. The second-order valence-electron chi connectivity index (χ2n) is 9.28. The van der Waals surface area contributed by atoms with Gasteiger partial charge in [-0.3, -0.25) is 24.0 Å². The monoisotopic (exact) mass is 540 g/mol. The Morgan fingerprint density at radius 3 is 2.21 bits per heavy atom. The third kappa shape index (κ3) is 5.39. The van der Waals surface area contributed by atoms with Crippen molar-refractivity contribution in [2.45, 2.75) is 17.7 Å². The van der Waals surface area contributed by atoms with E-state index in [1.54, 1.807) is 72.8 Å². The van der Waals surface area contributed by atoms with E-state index in [0.717, 1.165) is 4.90 Å². The Labute approximate surface area is 228 Å². The van der Waals surface area contributed by atoms with Gasteiger partial charge < -0.3 is 15.7 Å². The van der Waals surface area contributed by atoms with Gasteiger partial charge in [0.2, 0.25) is 11.8 Å². The minimum Gasteiger partial charge on any atom is -0.481 e. The molecule has 5 rings (SSSR count). The molecule has 0 spiro atoms. The molecule has 0 bridgehead atoms. The molecule has 0 fully saturated rings. The van der Waals surface area contributed by atoms with E-state index in [4.69, 9.17) is 0 Å². The fraction of sp³-hybridized carbons (Fsp3) is 0.167. The molecule has 196 valence electrons. The average molecular weight is 541 g/mol. The van der Waals surface area contributed by atoms with E-state index in [1.165, 1.54) is 11.8 Å². The third-order valence-corrected chi connectivity index (χ3v) is 7.78. The van der Waals surface area contributed by atoms with Gasteiger partial charge >= 0.3 is 5.97 Å². The molecule has 3 N–H and O–H groups in total. The first kappa shape index (κ1) is 26.1. The topological polar surface area (TPSA) is 130 Å². The predicted molar refractivity (Wildman–Crippen MR) is 147 cm³/mol. The molecule has 0 saturated heterocycles. The number of amides is 2. The number of aliphatic carboxylic acids is 1. The SMILES string of the molecule is O=C(CSc1cccc(NC(=O)C2CC=CCC2C(=O)O)c1)Nc1cccc2c1C(=O)c1ccccc1C2=O. The molecule has 8 nitrogen and oxygen atoms in total. The summed E-state index contributed by atoms with van der Waals surface area (Å²) in [6.45, 7) is 0. The van der Waals surface area contributed by atoms with E-state index in [-0.39, 0.29) is 45.9 Å². The molecule has 0 aliphatic heterocycles. The minimum absolute atomic E-state index is 0.0221. The van der Waals surface area contributed by atoms with Crippen LogP contribution in [0.3, 0.4) is 0 Å². The molecular weight excluding hydrogens is 516 g/mol. The second kappa shape index (κ2) is 11.1. The van der Waals surface area contributed by atoms with Crippen LogP contribution in [-0.4, -0.2) is 40.2 Å². The predicted octanol–water partition coefficient (Wildman–Crippen LogP) is 4.80. The number of rotatable bonds is 7. The van der Waals surface area contributed by atoms with Crippen LogP contribution in [0.4, 0.5) is 11.4 Å². The molecule has 9 heteroatoms. The quantitative estimate of drug-likeness (QED) is 0.227. The zero-order chi connectivity index (χ0) is 27.5. The third-order valence-electron chi connectivity index (χ3n) is 6.78. The number of anilines is 2. The summed E-state index contributed by atoms with van der Waals surface area (Å²) < 4.78 is 0. The van der Waals surface area contributed by atoms with Crippen molar-refractivity contribution in [2.24, 2.45) is 11.8 Å². The van der Waals surface area contributed by atoms with Crippen molar-refractivity contribution in [3.8, 4) is 0 Å². The summed E-state index contributed by atoms with van der Waals surface area (Å²) in [7, 11) is 0. The zero-order valence-corrected chi connectivity index (χ0v) is 21.5. The molecule has 2 atom stereocenters. The molecule has 0 aromatic heterocycles. The number of carbonyl (C=O) groups is 5. The number of ketones is 2. The zero-order valence-electron chi connectivity index (χ0n) is 20.7. The maximum atomic E-state index is 13.2. The van der Waals surface area contributed by atoms with Gasteiger partial charge in [-0.15, -0.1) is 11.8 Å². The van der Waals surface area contributed by atoms with Crippen LogP contribution >= 0.6 is 11.8 Å². The van der Waals surface area contributed by atoms with E-state index in [1.807, 2.05) is 6.08 Å². The van der Waals surface area contributed by atoms with Crippen LogP contribution in [0.5, 0.6) is 0 Å². The summed E-state index contributed by atoms with van der Waals surface area (Å²) in [6.07, 6.45) is 4.28. The standard InChI is InChI=1S/C30H24N2O6S/c33-25(32-24-14-6-13-23-26(24)28(35)20-10-2-1-9-19(20)27(23)34)16-39-18-8-5-7-17(15-18)31-29(36)21-11-3-4-12-22(21)30(37)38/h1-10,13-15,21-22H,11-12,16H2,(H,31,36)(H,32,33)(H,37,38). The molecule has 0 heterocycles. The molecule has 39 heavy (non-hydrogen) atoms. The number of carboxylic acid groups (broad SMARTS) is 1. The Bertz CT molecular complexity index is 1550. The largest absolute Gasteiger partial charge is 0.481 e. The van der Waals surface area contributed by atoms with Gasteiger partial charge in [-0.25, -0.2) is 0 Å². The van der Waals surface area contributed by atoms with Gasteiger partial charge in [0, 0.05) is 27.3 Å². The van der Waals surface area contributed by atoms with Crippen molar-refractivity contribution < 1.29 is 29.1 Å². The highest BCUT2D eigenvalue weighted by molar-refractivity contribution is 8.00. The lowest BCUT2D eigenvalue weighted by Gasteiger charge is -2.24. The highest BCUT2D eigenvalue weighted by Gasteiger charge is 2.34. The fourth-order valence-electron chi connectivity index (χ4n) is 4.86. The van der Waals surface area contributed by atoms with Crippen LogP contribution in [0.15, 0.2) is 83.8 Å². The van der Waals surface area contributed by atoms with E-state index in [9.17, 15) is 29.1 Å². The first-order valence-electron chi connectivity index (χ1n) is 12.4. The number of hydrogen-bond acceptors (Lipinski definition) is 6. The van der Waals surface area contributed by atoms with Gasteiger partial charge in [-0.05, 0) is 37.1 Å². The molecule has 2 unspecified atom stereocenters. The Balaban J connectivity index is 1.24. The summed E-state index contributed by atoms with van der Waals surface area (Å²) in [5.41, 5.74) is 1.88. The average Bonchev–Trinajstić information content (AvgIpc) is 2.95. The highest BCUT2D eigenvalue weighted by Crippen LogP contribution is 2.32. The molecule has 3 aromatic carbocycles. The second-order valence-corrected chi connectivity index (χ2v) is 10.3. The first-order valence-corrected chi connectivity index (χ1v) is 13.3. The Hall–Kier alpha value is -4.50. The van der Waals surface area contributed by atoms with Crippen LogP contribution < -0.4 is 10.6 Å². The number of fused-ring (bicyclic) bond motifs is 2. The maximum Gasteiger partial charge on any atom is 0.307 e. The number of nitrogens with one attached hydrogen (secondary N) is 2. The minimum atomic E-state index is -0.996. The van der Waals surface area contributed by atoms with Crippen molar-refractivity contribution in [2.75, 3.05) is 16.4 Å². The lowest BCUT2D eigenvalue weighted by Crippen LogP contribution is -2.34. The van der Waals surface area contributed by atoms with Crippen molar-refractivity contribution in [3.05, 3.63) is 101 Å². The van der Waals surface area contributed by atoms with Crippen LogP contribution in [0.1, 0.15) is 44.7 Å². The summed E-state index contributed by atoms with van der Waals surface area (Å²) >= 11 is 1.24. The van der Waals surface area contributed by atoms with Gasteiger partial charge in [-0.1, -0.05) is 54.6 Å². The van der Waals surface area contributed by atoms with E-state index >= 15 is 0 Å². The highest BCUT2D eigenvalue weighted by atomic mass is 32.2. The van der Waals surface area contributed by atoms with Crippen molar-refractivity contribution >= 4 is 52.5 Å². The summed E-state index contributed by atoms with van der Waals surface area (Å²) in [5, 5.41) is 15.0. The van der Waals surface area contributed by atoms with Gasteiger partial charge in [0.15, 0.2) is 11.6 Å². The fourth-order valence-corrected chi connectivity index (χ4v) is 5.61. The molecule has 2 aliphatic carbocycles. The van der Waals surface area contributed by atoms with Crippen LogP contribution in [0.2, 0.25) is 0 Å². The number of carbonyl (C=O) groups excluding carboxylic acids is 4. The number of carboxylic acids is 1. The summed E-state index contributed by atoms with van der Waals surface area (Å²) in [4.78, 5) is 63.9. The van der Waals surface area contributed by atoms with Crippen molar-refractivity contribution in [3.63, 3.8) is 0 Å². The van der Waals surface area contributed by atoms with Crippen LogP contribution in [0.25, 0.3) is 0 Å². The number of thioether (sulfide) groups is 1. The smallest absolute Gasteiger partial charge is 0.307 e. The summed E-state index contributed by atoms with van der Waals surface area (Å²) in [5.74, 6) is -3.70.